The van der Waals surface area contributed by atoms with Gasteiger partial charge in [0, 0.05) is 9.35 Å². The maximum atomic E-state index is 9.72. The molecule has 0 aliphatic carbocycles. The summed E-state index contributed by atoms with van der Waals surface area (Å²) in [6.45, 7) is 1.99. The van der Waals surface area contributed by atoms with E-state index in [9.17, 15) is 10.2 Å². The molecule has 0 aliphatic rings. The smallest absolute Gasteiger partial charge is 0.115 e. The van der Waals surface area contributed by atoms with E-state index in [1.54, 1.807) is 0 Å². The van der Waals surface area contributed by atoms with Crippen molar-refractivity contribution in [3.05, 3.63) is 20.8 Å². The molecule has 13 heavy (non-hydrogen) atoms. The Morgan fingerprint density at radius 3 is 2.69 bits per heavy atom. The van der Waals surface area contributed by atoms with Crippen LogP contribution in [0.4, 0.5) is 0 Å². The lowest BCUT2D eigenvalue weighted by Gasteiger charge is -2.16. The average molecular weight is 265 g/mol. The van der Waals surface area contributed by atoms with Gasteiger partial charge in [-0.15, -0.1) is 11.3 Å². The second-order valence-electron chi connectivity index (χ2n) is 2.93. The molecule has 2 nitrogen and oxygen atoms in total. The van der Waals surface area contributed by atoms with Crippen LogP contribution in [-0.4, -0.2) is 16.3 Å². The molecule has 2 N–H and O–H groups in total. The van der Waals surface area contributed by atoms with Crippen LogP contribution >= 0.6 is 27.3 Å². The molecule has 2 atom stereocenters. The van der Waals surface area contributed by atoms with E-state index in [4.69, 9.17) is 0 Å². The van der Waals surface area contributed by atoms with E-state index in [1.165, 1.54) is 11.3 Å². The molecule has 4 heteroatoms. The van der Waals surface area contributed by atoms with E-state index in [0.717, 1.165) is 15.8 Å². The Labute approximate surface area is 90.4 Å². The summed E-state index contributed by atoms with van der Waals surface area (Å²) in [7, 11) is 0. The lowest BCUT2D eigenvalue weighted by Crippen LogP contribution is -2.16. The van der Waals surface area contributed by atoms with Crippen LogP contribution in [0, 0.1) is 0 Å². The third-order valence-electron chi connectivity index (χ3n) is 1.86. The number of aliphatic hydroxyl groups is 2. The molecule has 0 saturated carbocycles. The zero-order chi connectivity index (χ0) is 9.84. The Bertz CT molecular complexity index is 262. The first kappa shape index (κ1) is 11.2. The number of aliphatic hydroxyl groups excluding tert-OH is 2. The first-order valence-corrected chi connectivity index (χ1v) is 5.93. The minimum atomic E-state index is -0.755. The van der Waals surface area contributed by atoms with Gasteiger partial charge in [0.25, 0.3) is 0 Å². The number of halogens is 1. The first-order chi connectivity index (χ1) is 6.16. The molecular weight excluding hydrogens is 252 g/mol. The highest BCUT2D eigenvalue weighted by atomic mass is 79.9. The summed E-state index contributed by atoms with van der Waals surface area (Å²) >= 11 is 4.78. The third-order valence-corrected chi connectivity index (χ3v) is 3.80. The summed E-state index contributed by atoms with van der Waals surface area (Å²) in [6.07, 6.45) is 0.0986. The summed E-state index contributed by atoms with van der Waals surface area (Å²) in [5.41, 5.74) is 0. The molecule has 74 valence electrons. The molecule has 0 fully saturated rings. The quantitative estimate of drug-likeness (QED) is 0.878. The lowest BCUT2D eigenvalue weighted by molar-refractivity contribution is 0.0148. The fourth-order valence-electron chi connectivity index (χ4n) is 1.14. The van der Waals surface area contributed by atoms with E-state index in [1.807, 2.05) is 18.4 Å². The SMILES string of the molecule is CCCC(O)C(O)c1sccc1Br. The van der Waals surface area contributed by atoms with Gasteiger partial charge in [0.1, 0.15) is 6.10 Å². The van der Waals surface area contributed by atoms with Crippen molar-refractivity contribution in [3.8, 4) is 0 Å². The monoisotopic (exact) mass is 264 g/mol. The van der Waals surface area contributed by atoms with Crippen molar-refractivity contribution in [2.45, 2.75) is 32.0 Å². The number of hydrogen-bond donors (Lipinski definition) is 2. The standard InChI is InChI=1S/C9H13BrO2S/c1-2-3-7(11)8(12)9-6(10)4-5-13-9/h4-5,7-8,11-12H,2-3H2,1H3. The third kappa shape index (κ3) is 2.77. The highest BCUT2D eigenvalue weighted by Gasteiger charge is 2.20. The van der Waals surface area contributed by atoms with Crippen LogP contribution in [0.3, 0.4) is 0 Å². The van der Waals surface area contributed by atoms with Crippen LogP contribution in [-0.2, 0) is 0 Å². The zero-order valence-corrected chi connectivity index (χ0v) is 9.81. The van der Waals surface area contributed by atoms with Gasteiger partial charge in [-0.3, -0.25) is 0 Å². The molecule has 1 aromatic heterocycles. The Morgan fingerprint density at radius 2 is 2.23 bits per heavy atom. The first-order valence-electron chi connectivity index (χ1n) is 4.25. The predicted octanol–water partition coefficient (Wildman–Crippen LogP) is 2.71. The van der Waals surface area contributed by atoms with E-state index in [-0.39, 0.29) is 0 Å². The minimum absolute atomic E-state index is 0.630. The van der Waals surface area contributed by atoms with E-state index < -0.39 is 12.2 Å². The zero-order valence-electron chi connectivity index (χ0n) is 7.40. The normalized spacial score (nSPS) is 15.7. The van der Waals surface area contributed by atoms with Gasteiger partial charge in [-0.25, -0.2) is 0 Å². The number of thiophene rings is 1. The van der Waals surface area contributed by atoms with Gasteiger partial charge >= 0.3 is 0 Å². The lowest BCUT2D eigenvalue weighted by atomic mass is 10.1. The molecule has 0 bridgehead atoms. The van der Waals surface area contributed by atoms with E-state index in [2.05, 4.69) is 15.9 Å². The van der Waals surface area contributed by atoms with Gasteiger partial charge in [-0.1, -0.05) is 13.3 Å². The van der Waals surface area contributed by atoms with Crippen molar-refractivity contribution >= 4 is 27.3 Å². The van der Waals surface area contributed by atoms with Crippen molar-refractivity contribution in [1.82, 2.24) is 0 Å². The van der Waals surface area contributed by atoms with Gasteiger partial charge in [-0.05, 0) is 33.8 Å². The van der Waals surface area contributed by atoms with Crippen LogP contribution in [0.15, 0.2) is 15.9 Å². The molecule has 1 rings (SSSR count). The van der Waals surface area contributed by atoms with Gasteiger partial charge in [0.2, 0.25) is 0 Å². The van der Waals surface area contributed by atoms with E-state index in [0.29, 0.717) is 6.42 Å². The van der Waals surface area contributed by atoms with Gasteiger partial charge in [0.15, 0.2) is 0 Å². The van der Waals surface area contributed by atoms with Crippen molar-refractivity contribution in [2.24, 2.45) is 0 Å². The number of rotatable bonds is 4. The summed E-state index contributed by atoms with van der Waals surface area (Å²) in [6, 6.07) is 1.88. The number of hydrogen-bond acceptors (Lipinski definition) is 3. The van der Waals surface area contributed by atoms with Crippen LogP contribution in [0.25, 0.3) is 0 Å². The molecule has 1 aromatic rings. The molecule has 1 heterocycles. The van der Waals surface area contributed by atoms with Crippen LogP contribution in [0.5, 0.6) is 0 Å². The molecule has 0 saturated heterocycles. The van der Waals surface area contributed by atoms with Crippen molar-refractivity contribution in [1.29, 1.82) is 0 Å². The molecular formula is C9H13BrO2S. The molecule has 0 spiro atoms. The minimum Gasteiger partial charge on any atom is -0.390 e. The fourth-order valence-corrected chi connectivity index (χ4v) is 2.79. The molecule has 0 aliphatic heterocycles. The van der Waals surface area contributed by atoms with Crippen molar-refractivity contribution in [3.63, 3.8) is 0 Å². The topological polar surface area (TPSA) is 40.5 Å². The van der Waals surface area contributed by atoms with Crippen molar-refractivity contribution in [2.75, 3.05) is 0 Å². The Balaban J connectivity index is 2.67. The molecule has 2 unspecified atom stereocenters. The second kappa shape index (κ2) is 5.10. The highest BCUT2D eigenvalue weighted by molar-refractivity contribution is 9.10. The summed E-state index contributed by atoms with van der Waals surface area (Å²) in [4.78, 5) is 0.806. The largest absolute Gasteiger partial charge is 0.390 e. The molecule has 0 amide bonds. The molecule has 0 aromatic carbocycles. The van der Waals surface area contributed by atoms with Crippen LogP contribution in [0.1, 0.15) is 30.7 Å². The predicted molar refractivity (Wildman–Crippen MR) is 57.9 cm³/mol. The van der Waals surface area contributed by atoms with E-state index >= 15 is 0 Å². The van der Waals surface area contributed by atoms with Gasteiger partial charge in [-0.2, -0.15) is 0 Å². The second-order valence-corrected chi connectivity index (χ2v) is 4.74. The van der Waals surface area contributed by atoms with Gasteiger partial charge in [0.05, 0.1) is 6.10 Å². The average Bonchev–Trinajstić information content (AvgIpc) is 2.50. The Hall–Kier alpha value is 0.100. The maximum absolute atomic E-state index is 9.72. The Kier molecular flexibility index (Phi) is 4.38. The fraction of sp³-hybridized carbons (Fsp3) is 0.556. The molecule has 0 radical (unpaired) electrons. The Morgan fingerprint density at radius 1 is 1.54 bits per heavy atom. The highest BCUT2D eigenvalue weighted by Crippen LogP contribution is 2.31. The maximum Gasteiger partial charge on any atom is 0.115 e. The summed E-state index contributed by atoms with van der Waals surface area (Å²) < 4.78 is 0.875. The van der Waals surface area contributed by atoms with Gasteiger partial charge < -0.3 is 10.2 Å². The van der Waals surface area contributed by atoms with Crippen LogP contribution < -0.4 is 0 Å². The van der Waals surface area contributed by atoms with Crippen LogP contribution in [0.2, 0.25) is 0 Å². The summed E-state index contributed by atoms with van der Waals surface area (Å²) in [5, 5.41) is 21.2. The van der Waals surface area contributed by atoms with Crippen molar-refractivity contribution < 1.29 is 10.2 Å². The summed E-state index contributed by atoms with van der Waals surface area (Å²) in [5.74, 6) is 0.